The Morgan fingerprint density at radius 3 is 2.64 bits per heavy atom. The Labute approximate surface area is 149 Å². The highest BCUT2D eigenvalue weighted by molar-refractivity contribution is 5.76. The van der Waals surface area contributed by atoms with Gasteiger partial charge >= 0.3 is 0 Å². The lowest BCUT2D eigenvalue weighted by Gasteiger charge is -2.41. The molecule has 1 aliphatic carbocycles. The van der Waals surface area contributed by atoms with Crippen molar-refractivity contribution >= 4 is 5.91 Å². The zero-order chi connectivity index (χ0) is 17.6. The van der Waals surface area contributed by atoms with Gasteiger partial charge in [0.15, 0.2) is 0 Å². The Kier molecular flexibility index (Phi) is 6.43. The first-order valence-electron chi connectivity index (χ1n) is 9.53. The molecule has 1 aromatic rings. The summed E-state index contributed by atoms with van der Waals surface area (Å²) in [6.45, 7) is 3.76. The van der Waals surface area contributed by atoms with Gasteiger partial charge in [-0.25, -0.2) is 4.39 Å². The van der Waals surface area contributed by atoms with Crippen LogP contribution in [0, 0.1) is 11.7 Å². The minimum Gasteiger partial charge on any atom is -0.396 e. The number of benzene rings is 1. The van der Waals surface area contributed by atoms with Crippen LogP contribution in [0.1, 0.15) is 37.7 Å². The number of aliphatic hydroxyl groups is 1. The number of aryl methyl sites for hydroxylation is 1. The second-order valence-electron chi connectivity index (χ2n) is 7.42. The summed E-state index contributed by atoms with van der Waals surface area (Å²) >= 11 is 0. The van der Waals surface area contributed by atoms with Crippen LogP contribution in [0.5, 0.6) is 0 Å². The fourth-order valence-electron chi connectivity index (χ4n) is 3.67. The maximum atomic E-state index is 12.9. The fraction of sp³-hybridized carbons (Fsp3) is 0.650. The van der Waals surface area contributed by atoms with E-state index < -0.39 is 0 Å². The van der Waals surface area contributed by atoms with Crippen LogP contribution in [-0.2, 0) is 11.2 Å². The van der Waals surface area contributed by atoms with Gasteiger partial charge in [-0.1, -0.05) is 12.1 Å². The molecule has 1 amide bonds. The predicted molar refractivity (Wildman–Crippen MR) is 95.7 cm³/mol. The minimum absolute atomic E-state index is 0.179. The molecule has 1 saturated heterocycles. The van der Waals surface area contributed by atoms with E-state index in [0.29, 0.717) is 12.5 Å². The molecule has 138 valence electrons. The maximum absolute atomic E-state index is 12.9. The molecule has 1 aromatic carbocycles. The molecule has 0 spiro atoms. The van der Waals surface area contributed by atoms with Gasteiger partial charge in [0.25, 0.3) is 0 Å². The van der Waals surface area contributed by atoms with Gasteiger partial charge in [-0.3, -0.25) is 9.69 Å². The fourth-order valence-corrected chi connectivity index (χ4v) is 3.67. The molecule has 25 heavy (non-hydrogen) atoms. The average molecular weight is 348 g/mol. The van der Waals surface area contributed by atoms with Gasteiger partial charge in [-0.05, 0) is 55.7 Å². The third-order valence-electron chi connectivity index (χ3n) is 5.38. The van der Waals surface area contributed by atoms with E-state index in [2.05, 4.69) is 4.90 Å². The molecule has 4 nitrogen and oxygen atoms in total. The standard InChI is InChI=1S/C20H29FN2O2/c21-18-8-6-16(7-9-18)2-1-3-20(25)23-12-11-22(14-17-4-5-17)19(15-23)10-13-24/h6-9,17,19,24H,1-5,10-15H2. The first kappa shape index (κ1) is 18.3. The SMILES string of the molecule is O=C(CCCc1ccc(F)cc1)N1CCN(CC2CC2)C(CCO)C1. The molecule has 0 radical (unpaired) electrons. The largest absolute Gasteiger partial charge is 0.396 e. The number of hydrogen-bond acceptors (Lipinski definition) is 3. The number of rotatable bonds is 8. The van der Waals surface area contributed by atoms with Crippen molar-refractivity contribution in [3.05, 3.63) is 35.6 Å². The number of halogens is 1. The molecule has 5 heteroatoms. The molecular weight excluding hydrogens is 319 g/mol. The summed E-state index contributed by atoms with van der Waals surface area (Å²) in [7, 11) is 0. The van der Waals surface area contributed by atoms with Crippen LogP contribution >= 0.6 is 0 Å². The summed E-state index contributed by atoms with van der Waals surface area (Å²) in [5.41, 5.74) is 1.07. The van der Waals surface area contributed by atoms with Gasteiger partial charge in [-0.2, -0.15) is 0 Å². The van der Waals surface area contributed by atoms with Gasteiger partial charge in [-0.15, -0.1) is 0 Å². The van der Waals surface area contributed by atoms with Crippen LogP contribution in [0.25, 0.3) is 0 Å². The van der Waals surface area contributed by atoms with E-state index in [1.54, 1.807) is 12.1 Å². The van der Waals surface area contributed by atoms with Gasteiger partial charge < -0.3 is 10.0 Å². The zero-order valence-corrected chi connectivity index (χ0v) is 14.9. The number of amides is 1. The second kappa shape index (κ2) is 8.77. The lowest BCUT2D eigenvalue weighted by molar-refractivity contribution is -0.134. The van der Waals surface area contributed by atoms with Crippen LogP contribution < -0.4 is 0 Å². The van der Waals surface area contributed by atoms with Crippen molar-refractivity contribution in [2.24, 2.45) is 5.92 Å². The monoisotopic (exact) mass is 348 g/mol. The predicted octanol–water partition coefficient (Wildman–Crippen LogP) is 2.45. The number of carbonyl (C=O) groups excluding carboxylic acids is 1. The third-order valence-corrected chi connectivity index (χ3v) is 5.38. The van der Waals surface area contributed by atoms with Gasteiger partial charge in [0, 0.05) is 45.2 Å². The molecule has 1 unspecified atom stereocenters. The van der Waals surface area contributed by atoms with Crippen LogP contribution in [0.3, 0.4) is 0 Å². The molecule has 0 bridgehead atoms. The minimum atomic E-state index is -0.223. The number of piperazine rings is 1. The van der Waals surface area contributed by atoms with E-state index in [1.165, 1.54) is 25.0 Å². The van der Waals surface area contributed by atoms with E-state index in [9.17, 15) is 14.3 Å². The molecule has 0 aromatic heterocycles. The van der Waals surface area contributed by atoms with Crippen LogP contribution in [-0.4, -0.2) is 59.6 Å². The molecule has 1 heterocycles. The number of aliphatic hydroxyl groups excluding tert-OH is 1. The van der Waals surface area contributed by atoms with Crippen molar-refractivity contribution < 1.29 is 14.3 Å². The van der Waals surface area contributed by atoms with E-state index in [4.69, 9.17) is 0 Å². The quantitative estimate of drug-likeness (QED) is 0.785. The highest BCUT2D eigenvalue weighted by Gasteiger charge is 2.32. The van der Waals surface area contributed by atoms with Crippen molar-refractivity contribution in [1.82, 2.24) is 9.80 Å². The van der Waals surface area contributed by atoms with Crippen LogP contribution in [0.4, 0.5) is 4.39 Å². The Morgan fingerprint density at radius 2 is 1.96 bits per heavy atom. The van der Waals surface area contributed by atoms with Crippen molar-refractivity contribution in [2.45, 2.75) is 44.6 Å². The number of carbonyl (C=O) groups is 1. The van der Waals surface area contributed by atoms with Gasteiger partial charge in [0.1, 0.15) is 5.82 Å². The van der Waals surface area contributed by atoms with Crippen LogP contribution in [0.2, 0.25) is 0 Å². The van der Waals surface area contributed by atoms with Crippen molar-refractivity contribution in [1.29, 1.82) is 0 Å². The van der Waals surface area contributed by atoms with E-state index in [-0.39, 0.29) is 18.3 Å². The molecule has 1 atom stereocenters. The Bertz CT molecular complexity index is 559. The van der Waals surface area contributed by atoms with Gasteiger partial charge in [0.05, 0.1) is 0 Å². The maximum Gasteiger partial charge on any atom is 0.222 e. The van der Waals surface area contributed by atoms with E-state index in [1.807, 2.05) is 4.90 Å². The van der Waals surface area contributed by atoms with E-state index in [0.717, 1.165) is 56.9 Å². The smallest absolute Gasteiger partial charge is 0.222 e. The highest BCUT2D eigenvalue weighted by Crippen LogP contribution is 2.31. The molecule has 1 N–H and O–H groups in total. The van der Waals surface area contributed by atoms with Gasteiger partial charge in [0.2, 0.25) is 5.91 Å². The molecular formula is C20H29FN2O2. The van der Waals surface area contributed by atoms with E-state index >= 15 is 0 Å². The zero-order valence-electron chi connectivity index (χ0n) is 14.9. The molecule has 1 saturated carbocycles. The molecule has 2 fully saturated rings. The lowest BCUT2D eigenvalue weighted by atomic mass is 10.1. The first-order chi connectivity index (χ1) is 12.2. The number of nitrogens with zero attached hydrogens (tertiary/aromatic N) is 2. The summed E-state index contributed by atoms with van der Waals surface area (Å²) in [5, 5.41) is 9.34. The van der Waals surface area contributed by atoms with Crippen molar-refractivity contribution in [2.75, 3.05) is 32.8 Å². The summed E-state index contributed by atoms with van der Waals surface area (Å²) < 4.78 is 12.9. The van der Waals surface area contributed by atoms with Crippen LogP contribution in [0.15, 0.2) is 24.3 Å². The van der Waals surface area contributed by atoms with Crippen molar-refractivity contribution in [3.63, 3.8) is 0 Å². The Morgan fingerprint density at radius 1 is 1.20 bits per heavy atom. The second-order valence-corrected chi connectivity index (χ2v) is 7.42. The molecule has 1 aliphatic heterocycles. The molecule has 2 aliphatic rings. The Balaban J connectivity index is 1.44. The topological polar surface area (TPSA) is 43.8 Å². The normalized spacial score (nSPS) is 21.5. The number of hydrogen-bond donors (Lipinski definition) is 1. The summed E-state index contributed by atoms with van der Waals surface area (Å²) in [5.74, 6) is 0.814. The highest BCUT2D eigenvalue weighted by atomic mass is 19.1. The summed E-state index contributed by atoms with van der Waals surface area (Å²) in [6.07, 6.45) is 5.52. The lowest BCUT2D eigenvalue weighted by Crippen LogP contribution is -2.55. The third kappa shape index (κ3) is 5.51. The van der Waals surface area contributed by atoms with Crippen molar-refractivity contribution in [3.8, 4) is 0 Å². The average Bonchev–Trinajstić information content (AvgIpc) is 3.42. The molecule has 3 rings (SSSR count). The Hall–Kier alpha value is -1.46. The summed E-state index contributed by atoms with van der Waals surface area (Å²) in [6, 6.07) is 6.80. The first-order valence-corrected chi connectivity index (χ1v) is 9.53. The summed E-state index contributed by atoms with van der Waals surface area (Å²) in [4.78, 5) is 17.0.